The number of likely N-dealkylation sites (tertiary alicyclic amines) is 1. The molecule has 1 amide bonds. The largest absolute Gasteiger partial charge is 0.342 e. The van der Waals surface area contributed by atoms with Crippen LogP contribution in [0.2, 0.25) is 0 Å². The van der Waals surface area contributed by atoms with E-state index < -0.39 is 0 Å². The molecule has 2 fully saturated rings. The fraction of sp³-hybridized carbons (Fsp3) is 0.923. The Kier molecular flexibility index (Phi) is 4.85. The monoisotopic (exact) mass is 260 g/mol. The second-order valence-corrected chi connectivity index (χ2v) is 5.62. The molecule has 0 aromatic heterocycles. The Balaban J connectivity index is 0.00000144. The summed E-state index contributed by atoms with van der Waals surface area (Å²) < 4.78 is 0. The number of carbonyl (C=O) groups excluding carboxylic acids is 1. The predicted molar refractivity (Wildman–Crippen MR) is 72.2 cm³/mol. The maximum absolute atomic E-state index is 12.3. The highest BCUT2D eigenvalue weighted by atomic mass is 35.5. The Bertz CT molecular complexity index is 269. The van der Waals surface area contributed by atoms with Crippen molar-refractivity contribution >= 4 is 18.3 Å². The molecule has 0 aromatic rings. The Morgan fingerprint density at radius 2 is 1.94 bits per heavy atom. The number of piperidine rings is 1. The fourth-order valence-corrected chi connectivity index (χ4v) is 2.83. The van der Waals surface area contributed by atoms with Crippen LogP contribution in [0.3, 0.4) is 0 Å². The van der Waals surface area contributed by atoms with Crippen LogP contribution in [0.15, 0.2) is 0 Å². The van der Waals surface area contributed by atoms with Crippen LogP contribution in [-0.4, -0.2) is 29.9 Å². The first-order chi connectivity index (χ1) is 7.59. The van der Waals surface area contributed by atoms with Crippen LogP contribution >= 0.6 is 12.4 Å². The highest BCUT2D eigenvalue weighted by Crippen LogP contribution is 2.50. The van der Waals surface area contributed by atoms with Crippen molar-refractivity contribution in [2.24, 2.45) is 17.1 Å². The number of hydrogen-bond donors (Lipinski definition) is 1. The third kappa shape index (κ3) is 2.94. The van der Waals surface area contributed by atoms with E-state index in [9.17, 15) is 4.79 Å². The molecule has 4 heteroatoms. The third-order valence-electron chi connectivity index (χ3n) is 4.55. The maximum atomic E-state index is 12.3. The number of halogens is 1. The van der Waals surface area contributed by atoms with Crippen molar-refractivity contribution in [3.05, 3.63) is 0 Å². The van der Waals surface area contributed by atoms with Crippen molar-refractivity contribution in [3.8, 4) is 0 Å². The minimum atomic E-state index is 0. The highest BCUT2D eigenvalue weighted by molar-refractivity contribution is 5.85. The van der Waals surface area contributed by atoms with Crippen molar-refractivity contribution in [1.29, 1.82) is 0 Å². The van der Waals surface area contributed by atoms with Crippen LogP contribution in [0.25, 0.3) is 0 Å². The normalized spacial score (nSPS) is 25.0. The number of hydrogen-bond acceptors (Lipinski definition) is 2. The molecule has 1 aliphatic carbocycles. The second kappa shape index (κ2) is 5.57. The van der Waals surface area contributed by atoms with Crippen LogP contribution in [-0.2, 0) is 4.79 Å². The fourth-order valence-electron chi connectivity index (χ4n) is 2.83. The lowest BCUT2D eigenvalue weighted by Crippen LogP contribution is -2.45. The molecule has 1 heterocycles. The van der Waals surface area contributed by atoms with Gasteiger partial charge in [0.2, 0.25) is 5.91 Å². The first kappa shape index (κ1) is 14.8. The molecular weight excluding hydrogens is 236 g/mol. The molecule has 1 atom stereocenters. The van der Waals surface area contributed by atoms with Gasteiger partial charge in [0.1, 0.15) is 0 Å². The van der Waals surface area contributed by atoms with Gasteiger partial charge in [0.15, 0.2) is 0 Å². The zero-order valence-electron chi connectivity index (χ0n) is 10.9. The first-order valence-corrected chi connectivity index (χ1v) is 6.64. The molecular formula is C13H25ClN2O. The summed E-state index contributed by atoms with van der Waals surface area (Å²) in [6, 6.07) is 0.276. The summed E-state index contributed by atoms with van der Waals surface area (Å²) in [5.41, 5.74) is 5.95. The molecule has 0 bridgehead atoms. The van der Waals surface area contributed by atoms with Gasteiger partial charge < -0.3 is 10.6 Å². The van der Waals surface area contributed by atoms with Crippen LogP contribution < -0.4 is 5.73 Å². The molecule has 0 spiro atoms. The summed E-state index contributed by atoms with van der Waals surface area (Å²) in [7, 11) is 0. The summed E-state index contributed by atoms with van der Waals surface area (Å²) >= 11 is 0. The van der Waals surface area contributed by atoms with Gasteiger partial charge in [-0.2, -0.15) is 0 Å². The van der Waals surface area contributed by atoms with E-state index in [1.807, 2.05) is 0 Å². The van der Waals surface area contributed by atoms with Crippen LogP contribution in [0.5, 0.6) is 0 Å². The standard InChI is InChI=1S/C13H24N2O.ClH/c1-3-13(6-7-13)12(16)15-8-4-11(5-9-15)10(2)14;/h10-11H,3-9,14H2,1-2H3;1H. The number of rotatable bonds is 3. The molecule has 0 aromatic carbocycles. The Morgan fingerprint density at radius 3 is 2.29 bits per heavy atom. The van der Waals surface area contributed by atoms with Gasteiger partial charge >= 0.3 is 0 Å². The highest BCUT2D eigenvalue weighted by Gasteiger charge is 2.50. The van der Waals surface area contributed by atoms with Gasteiger partial charge in [-0.05, 0) is 44.9 Å². The van der Waals surface area contributed by atoms with E-state index in [1.165, 1.54) is 0 Å². The molecule has 2 N–H and O–H groups in total. The number of carbonyl (C=O) groups is 1. The van der Waals surface area contributed by atoms with Gasteiger partial charge in [0, 0.05) is 24.5 Å². The smallest absolute Gasteiger partial charge is 0.228 e. The van der Waals surface area contributed by atoms with Crippen molar-refractivity contribution < 1.29 is 4.79 Å². The molecule has 1 saturated carbocycles. The van der Waals surface area contributed by atoms with E-state index in [0.29, 0.717) is 11.8 Å². The van der Waals surface area contributed by atoms with Gasteiger partial charge in [0.05, 0.1) is 0 Å². The Morgan fingerprint density at radius 1 is 1.41 bits per heavy atom. The molecule has 0 radical (unpaired) electrons. The summed E-state index contributed by atoms with van der Waals surface area (Å²) in [6.45, 7) is 6.07. The maximum Gasteiger partial charge on any atom is 0.228 e. The van der Waals surface area contributed by atoms with E-state index in [1.54, 1.807) is 0 Å². The van der Waals surface area contributed by atoms with Gasteiger partial charge in [-0.25, -0.2) is 0 Å². The molecule has 1 unspecified atom stereocenters. The summed E-state index contributed by atoms with van der Waals surface area (Å²) in [6.07, 6.45) is 5.40. The zero-order valence-corrected chi connectivity index (χ0v) is 11.8. The SMILES string of the molecule is CCC1(C(=O)N2CCC(C(C)N)CC2)CC1.Cl. The molecule has 17 heavy (non-hydrogen) atoms. The molecule has 100 valence electrons. The molecule has 2 aliphatic rings. The van der Waals surface area contributed by atoms with Gasteiger partial charge in [0.25, 0.3) is 0 Å². The Labute approximate surface area is 111 Å². The van der Waals surface area contributed by atoms with Crippen molar-refractivity contribution in [2.75, 3.05) is 13.1 Å². The minimum absolute atomic E-state index is 0. The van der Waals surface area contributed by atoms with E-state index in [2.05, 4.69) is 18.7 Å². The lowest BCUT2D eigenvalue weighted by molar-refractivity contribution is -0.138. The van der Waals surface area contributed by atoms with Gasteiger partial charge in [-0.15, -0.1) is 12.4 Å². The molecule has 3 nitrogen and oxygen atoms in total. The van der Waals surface area contributed by atoms with Crippen LogP contribution in [0.1, 0.15) is 46.0 Å². The zero-order chi connectivity index (χ0) is 11.8. The summed E-state index contributed by atoms with van der Waals surface area (Å²) in [5.74, 6) is 1.03. The topological polar surface area (TPSA) is 46.3 Å². The first-order valence-electron chi connectivity index (χ1n) is 6.64. The van der Waals surface area contributed by atoms with E-state index in [0.717, 1.165) is 45.2 Å². The van der Waals surface area contributed by atoms with E-state index >= 15 is 0 Å². The average molecular weight is 261 g/mol. The third-order valence-corrected chi connectivity index (χ3v) is 4.55. The number of nitrogens with two attached hydrogens (primary N) is 1. The van der Waals surface area contributed by atoms with Crippen molar-refractivity contribution in [3.63, 3.8) is 0 Å². The van der Waals surface area contributed by atoms with Crippen molar-refractivity contribution in [2.45, 2.75) is 52.0 Å². The number of amides is 1. The lowest BCUT2D eigenvalue weighted by Gasteiger charge is -2.35. The summed E-state index contributed by atoms with van der Waals surface area (Å²) in [4.78, 5) is 14.4. The van der Waals surface area contributed by atoms with E-state index in [4.69, 9.17) is 5.73 Å². The van der Waals surface area contributed by atoms with E-state index in [-0.39, 0.29) is 23.9 Å². The summed E-state index contributed by atoms with van der Waals surface area (Å²) in [5, 5.41) is 0. The predicted octanol–water partition coefficient (Wildman–Crippen LogP) is 2.18. The quantitative estimate of drug-likeness (QED) is 0.846. The van der Waals surface area contributed by atoms with Gasteiger partial charge in [-0.3, -0.25) is 4.79 Å². The molecule has 1 aliphatic heterocycles. The average Bonchev–Trinajstić information content (AvgIpc) is 3.09. The number of nitrogens with zero attached hydrogens (tertiary/aromatic N) is 1. The molecule has 2 rings (SSSR count). The minimum Gasteiger partial charge on any atom is -0.342 e. The van der Waals surface area contributed by atoms with Crippen molar-refractivity contribution in [1.82, 2.24) is 4.90 Å². The van der Waals surface area contributed by atoms with Crippen LogP contribution in [0.4, 0.5) is 0 Å². The second-order valence-electron chi connectivity index (χ2n) is 5.62. The Hall–Kier alpha value is -0.280. The lowest BCUT2D eigenvalue weighted by atomic mass is 9.90. The molecule has 1 saturated heterocycles. The van der Waals surface area contributed by atoms with Gasteiger partial charge in [-0.1, -0.05) is 6.92 Å². The van der Waals surface area contributed by atoms with Crippen LogP contribution in [0, 0.1) is 11.3 Å².